The highest BCUT2D eigenvalue weighted by molar-refractivity contribution is 5.66. The van der Waals surface area contributed by atoms with Crippen LogP contribution in [0.15, 0.2) is 91.0 Å². The SMILES string of the molecule is CCCCCCCCCCCCCCCCOC[C@H](COC(c1ccccc1)(c1ccccc1)c1ccccc1)OCCCC(=O)O. The van der Waals surface area contributed by atoms with Gasteiger partial charge in [-0.2, -0.15) is 0 Å². The molecule has 0 heterocycles. The van der Waals surface area contributed by atoms with Crippen LogP contribution in [0.4, 0.5) is 0 Å². The molecule has 0 aliphatic rings. The molecule has 1 N–H and O–H groups in total. The molecule has 258 valence electrons. The summed E-state index contributed by atoms with van der Waals surface area (Å²) in [6.07, 6.45) is 18.8. The second-order valence-corrected chi connectivity index (χ2v) is 12.8. The number of benzene rings is 3. The molecule has 0 fully saturated rings. The van der Waals surface area contributed by atoms with Crippen molar-refractivity contribution in [3.8, 4) is 0 Å². The molecule has 3 rings (SSSR count). The van der Waals surface area contributed by atoms with E-state index in [0.29, 0.717) is 32.8 Å². The van der Waals surface area contributed by atoms with Crippen LogP contribution in [0.25, 0.3) is 0 Å². The second kappa shape index (κ2) is 24.2. The molecular weight excluding hydrogens is 584 g/mol. The predicted octanol–water partition coefficient (Wildman–Crippen LogP) is 10.7. The van der Waals surface area contributed by atoms with Crippen LogP contribution in [0.1, 0.15) is 126 Å². The van der Waals surface area contributed by atoms with Crippen molar-refractivity contribution in [2.75, 3.05) is 26.4 Å². The van der Waals surface area contributed by atoms with Crippen molar-refractivity contribution in [1.82, 2.24) is 0 Å². The van der Waals surface area contributed by atoms with E-state index in [1.807, 2.05) is 54.6 Å². The Balaban J connectivity index is 1.50. The maximum atomic E-state index is 11.1. The van der Waals surface area contributed by atoms with Crippen LogP contribution in [0.3, 0.4) is 0 Å². The molecular formula is C42H60O5. The molecule has 0 spiro atoms. The van der Waals surface area contributed by atoms with E-state index in [0.717, 1.165) is 23.1 Å². The smallest absolute Gasteiger partial charge is 0.303 e. The molecule has 0 radical (unpaired) electrons. The maximum Gasteiger partial charge on any atom is 0.303 e. The highest BCUT2D eigenvalue weighted by Gasteiger charge is 2.38. The number of hydrogen-bond donors (Lipinski definition) is 1. The minimum Gasteiger partial charge on any atom is -0.481 e. The molecule has 0 bridgehead atoms. The molecule has 3 aromatic rings. The van der Waals surface area contributed by atoms with Gasteiger partial charge in [-0.1, -0.05) is 181 Å². The molecule has 5 heteroatoms. The summed E-state index contributed by atoms with van der Waals surface area (Å²) in [5.41, 5.74) is 2.25. The van der Waals surface area contributed by atoms with E-state index in [1.165, 1.54) is 83.5 Å². The Morgan fingerprint density at radius 2 is 1.00 bits per heavy atom. The first-order chi connectivity index (χ1) is 23.2. The Morgan fingerprint density at radius 1 is 0.574 bits per heavy atom. The third kappa shape index (κ3) is 14.8. The minimum atomic E-state index is -0.846. The van der Waals surface area contributed by atoms with Gasteiger partial charge in [0.1, 0.15) is 11.7 Å². The van der Waals surface area contributed by atoms with Crippen LogP contribution >= 0.6 is 0 Å². The number of rotatable bonds is 28. The standard InChI is InChI=1S/C42H60O5/c1-2-3-4-5-6-7-8-9-10-11-12-13-14-24-33-45-35-40(46-34-25-32-41(43)44)36-47-42(37-26-18-15-19-27-37,38-28-20-16-21-29-38)39-30-22-17-23-31-39/h15-23,26-31,40H,2-14,24-25,32-36H2,1H3,(H,43,44)/t40-/m1/s1. The first-order valence-electron chi connectivity index (χ1n) is 18.4. The highest BCUT2D eigenvalue weighted by Crippen LogP contribution is 2.40. The third-order valence-corrected chi connectivity index (χ3v) is 8.86. The lowest BCUT2D eigenvalue weighted by atomic mass is 9.80. The van der Waals surface area contributed by atoms with Gasteiger partial charge < -0.3 is 19.3 Å². The molecule has 0 saturated carbocycles. The van der Waals surface area contributed by atoms with Crippen LogP contribution in [0.2, 0.25) is 0 Å². The zero-order chi connectivity index (χ0) is 33.3. The highest BCUT2D eigenvalue weighted by atomic mass is 16.6. The summed E-state index contributed by atoms with van der Waals surface area (Å²) in [4.78, 5) is 11.1. The maximum absolute atomic E-state index is 11.1. The van der Waals surface area contributed by atoms with Crippen molar-refractivity contribution in [3.05, 3.63) is 108 Å². The summed E-state index contributed by atoms with van der Waals surface area (Å²) in [5, 5.41) is 9.12. The van der Waals surface area contributed by atoms with Gasteiger partial charge in [0, 0.05) is 19.6 Å². The Hall–Kier alpha value is -2.99. The number of ether oxygens (including phenoxy) is 3. The van der Waals surface area contributed by atoms with Crippen LogP contribution in [-0.4, -0.2) is 43.6 Å². The molecule has 0 unspecified atom stereocenters. The molecule has 47 heavy (non-hydrogen) atoms. The molecule has 0 amide bonds. The lowest BCUT2D eigenvalue weighted by Crippen LogP contribution is -2.37. The van der Waals surface area contributed by atoms with E-state index in [-0.39, 0.29) is 12.5 Å². The first-order valence-corrected chi connectivity index (χ1v) is 18.4. The van der Waals surface area contributed by atoms with E-state index in [2.05, 4.69) is 43.3 Å². The summed E-state index contributed by atoms with van der Waals surface area (Å²) < 4.78 is 19.3. The van der Waals surface area contributed by atoms with Crippen LogP contribution in [-0.2, 0) is 24.6 Å². The average Bonchev–Trinajstić information content (AvgIpc) is 3.11. The number of carboxylic acid groups (broad SMARTS) is 1. The fourth-order valence-corrected chi connectivity index (χ4v) is 6.22. The summed E-state index contributed by atoms with van der Waals surface area (Å²) in [6, 6.07) is 30.9. The number of hydrogen-bond acceptors (Lipinski definition) is 4. The van der Waals surface area contributed by atoms with Gasteiger partial charge in [-0.3, -0.25) is 4.79 Å². The fraction of sp³-hybridized carbons (Fsp3) is 0.548. The van der Waals surface area contributed by atoms with Gasteiger partial charge in [0.25, 0.3) is 0 Å². The van der Waals surface area contributed by atoms with Crippen LogP contribution in [0, 0.1) is 0 Å². The second-order valence-electron chi connectivity index (χ2n) is 12.8. The molecule has 3 aromatic carbocycles. The Labute approximate surface area is 285 Å². The van der Waals surface area contributed by atoms with Gasteiger partial charge in [0.15, 0.2) is 0 Å². The average molecular weight is 645 g/mol. The topological polar surface area (TPSA) is 65.0 Å². The molecule has 0 aliphatic heterocycles. The van der Waals surface area contributed by atoms with Gasteiger partial charge in [-0.25, -0.2) is 0 Å². The summed E-state index contributed by atoms with van der Waals surface area (Å²) in [6.45, 7) is 4.01. The monoisotopic (exact) mass is 644 g/mol. The van der Waals surface area contributed by atoms with Gasteiger partial charge in [0.2, 0.25) is 0 Å². The molecule has 0 aromatic heterocycles. The number of carbonyl (C=O) groups is 1. The van der Waals surface area contributed by atoms with Gasteiger partial charge in [-0.15, -0.1) is 0 Å². The normalized spacial score (nSPS) is 12.3. The Kier molecular flexibility index (Phi) is 19.8. The van der Waals surface area contributed by atoms with E-state index in [9.17, 15) is 4.79 Å². The molecule has 0 saturated heterocycles. The molecule has 0 aliphatic carbocycles. The van der Waals surface area contributed by atoms with E-state index < -0.39 is 11.6 Å². The van der Waals surface area contributed by atoms with Crippen molar-refractivity contribution >= 4 is 5.97 Å². The van der Waals surface area contributed by atoms with E-state index in [4.69, 9.17) is 19.3 Å². The zero-order valence-electron chi connectivity index (χ0n) is 29.0. The van der Waals surface area contributed by atoms with Crippen molar-refractivity contribution in [2.45, 2.75) is 121 Å². The van der Waals surface area contributed by atoms with Gasteiger partial charge in [-0.05, 0) is 29.5 Å². The van der Waals surface area contributed by atoms with Gasteiger partial charge in [0.05, 0.1) is 13.2 Å². The van der Waals surface area contributed by atoms with Crippen molar-refractivity contribution in [3.63, 3.8) is 0 Å². The van der Waals surface area contributed by atoms with Crippen LogP contribution in [0.5, 0.6) is 0 Å². The van der Waals surface area contributed by atoms with E-state index >= 15 is 0 Å². The fourth-order valence-electron chi connectivity index (χ4n) is 6.22. The Morgan fingerprint density at radius 3 is 1.43 bits per heavy atom. The summed E-state index contributed by atoms with van der Waals surface area (Å²) >= 11 is 0. The largest absolute Gasteiger partial charge is 0.481 e. The first kappa shape index (κ1) is 38.5. The number of aliphatic carboxylic acids is 1. The lowest BCUT2D eigenvalue weighted by molar-refractivity contribution is -0.137. The predicted molar refractivity (Wildman–Crippen MR) is 193 cm³/mol. The Bertz CT molecular complexity index is 1070. The van der Waals surface area contributed by atoms with Crippen LogP contribution < -0.4 is 0 Å². The summed E-state index contributed by atoms with van der Waals surface area (Å²) in [7, 11) is 0. The lowest BCUT2D eigenvalue weighted by Gasteiger charge is -2.37. The number of unbranched alkanes of at least 4 members (excludes halogenated alkanes) is 13. The van der Waals surface area contributed by atoms with Gasteiger partial charge >= 0.3 is 5.97 Å². The zero-order valence-corrected chi connectivity index (χ0v) is 29.0. The molecule has 5 nitrogen and oxygen atoms in total. The minimum absolute atomic E-state index is 0.0788. The van der Waals surface area contributed by atoms with Crippen molar-refractivity contribution in [2.24, 2.45) is 0 Å². The van der Waals surface area contributed by atoms with E-state index in [1.54, 1.807) is 0 Å². The number of carboxylic acids is 1. The van der Waals surface area contributed by atoms with Crippen molar-refractivity contribution < 1.29 is 24.1 Å². The third-order valence-electron chi connectivity index (χ3n) is 8.86. The quantitative estimate of drug-likeness (QED) is 0.0629. The molecule has 1 atom stereocenters. The summed E-state index contributed by atoms with van der Waals surface area (Å²) in [5.74, 6) is -0.813. The van der Waals surface area contributed by atoms with Crippen molar-refractivity contribution in [1.29, 1.82) is 0 Å².